The predicted octanol–water partition coefficient (Wildman–Crippen LogP) is 1.87. The molecule has 0 aromatic heterocycles. The molecule has 0 spiro atoms. The molecule has 5 nitrogen and oxygen atoms in total. The quantitative estimate of drug-likeness (QED) is 0.669. The molecule has 0 saturated carbocycles. The molecular weight excluding hydrogens is 302 g/mol. The van der Waals surface area contributed by atoms with Crippen molar-refractivity contribution < 1.29 is 9.59 Å². The van der Waals surface area contributed by atoms with Crippen LogP contribution >= 0.6 is 0 Å². The van der Waals surface area contributed by atoms with Crippen LogP contribution in [0, 0.1) is 5.92 Å². The Bertz CT molecular complexity index is 584. The third-order valence-electron chi connectivity index (χ3n) is 4.47. The molecule has 1 heterocycles. The normalized spacial score (nSPS) is 16.7. The molecule has 1 aliphatic rings. The Labute approximate surface area is 143 Å². The van der Waals surface area contributed by atoms with E-state index in [9.17, 15) is 9.59 Å². The summed E-state index contributed by atoms with van der Waals surface area (Å²) in [5.74, 6) is -0.259. The van der Waals surface area contributed by atoms with Gasteiger partial charge < -0.3 is 16.0 Å². The molecule has 0 radical (unpaired) electrons. The zero-order chi connectivity index (χ0) is 17.4. The van der Waals surface area contributed by atoms with Crippen LogP contribution in [0.2, 0.25) is 0 Å². The Kier molecular flexibility index (Phi) is 7.00. The third-order valence-corrected chi connectivity index (χ3v) is 4.47. The van der Waals surface area contributed by atoms with Crippen molar-refractivity contribution in [2.75, 3.05) is 19.6 Å². The topological polar surface area (TPSA) is 70.2 Å². The van der Waals surface area contributed by atoms with Crippen molar-refractivity contribution in [1.29, 1.82) is 0 Å². The Morgan fingerprint density at radius 2 is 2.00 bits per heavy atom. The second kappa shape index (κ2) is 9.23. The first kappa shape index (κ1) is 18.2. The van der Waals surface area contributed by atoms with Gasteiger partial charge in [0.1, 0.15) is 6.04 Å². The molecule has 1 aromatic carbocycles. The van der Waals surface area contributed by atoms with Crippen molar-refractivity contribution in [2.45, 2.75) is 32.7 Å². The lowest BCUT2D eigenvalue weighted by Gasteiger charge is -2.24. The van der Waals surface area contributed by atoms with E-state index in [4.69, 9.17) is 0 Å². The first-order valence-electron chi connectivity index (χ1n) is 8.64. The van der Waals surface area contributed by atoms with E-state index in [1.165, 1.54) is 5.57 Å². The smallest absolute Gasteiger partial charge is 0.251 e. The Balaban J connectivity index is 1.97. The molecule has 2 unspecified atom stereocenters. The van der Waals surface area contributed by atoms with Gasteiger partial charge in [-0.2, -0.15) is 0 Å². The van der Waals surface area contributed by atoms with Gasteiger partial charge >= 0.3 is 0 Å². The lowest BCUT2D eigenvalue weighted by atomic mass is 9.97. The number of hydrogen-bond donors (Lipinski definition) is 3. The van der Waals surface area contributed by atoms with Crippen LogP contribution in [0.3, 0.4) is 0 Å². The van der Waals surface area contributed by atoms with Gasteiger partial charge in [-0.05, 0) is 31.0 Å². The highest BCUT2D eigenvalue weighted by Gasteiger charge is 2.26. The van der Waals surface area contributed by atoms with E-state index in [1.807, 2.05) is 32.0 Å². The molecule has 3 N–H and O–H groups in total. The minimum Gasteiger partial charge on any atom is -0.351 e. The van der Waals surface area contributed by atoms with Crippen LogP contribution in [-0.4, -0.2) is 37.5 Å². The largest absolute Gasteiger partial charge is 0.351 e. The van der Waals surface area contributed by atoms with E-state index in [0.717, 1.165) is 25.9 Å². The van der Waals surface area contributed by atoms with E-state index < -0.39 is 6.04 Å². The van der Waals surface area contributed by atoms with Crippen molar-refractivity contribution >= 4 is 11.8 Å². The molecule has 2 atom stereocenters. The Morgan fingerprint density at radius 1 is 1.25 bits per heavy atom. The monoisotopic (exact) mass is 329 g/mol. The number of benzene rings is 1. The second-order valence-electron chi connectivity index (χ2n) is 6.24. The number of nitrogens with one attached hydrogen (secondary N) is 3. The van der Waals surface area contributed by atoms with Crippen LogP contribution in [0.15, 0.2) is 42.0 Å². The minimum absolute atomic E-state index is 0.0691. The van der Waals surface area contributed by atoms with Crippen molar-refractivity contribution in [3.63, 3.8) is 0 Å². The first-order valence-corrected chi connectivity index (χ1v) is 8.64. The fraction of sp³-hybridized carbons (Fsp3) is 0.474. The summed E-state index contributed by atoms with van der Waals surface area (Å²) in [7, 11) is 0. The summed E-state index contributed by atoms with van der Waals surface area (Å²) in [6, 6.07) is 8.47. The molecular formula is C19H27N3O2. The number of carbonyl (C=O) groups excluding carboxylic acids is 2. The standard InChI is InChI=1S/C19H27N3O2/c1-3-14(2)17(22-18(23)16-7-5-4-6-8-16)19(24)21-13-15-9-11-20-12-10-15/h4-9,14,17,20H,3,10-13H2,1-2H3,(H,21,24)(H,22,23). The average Bonchev–Trinajstić information content (AvgIpc) is 2.65. The van der Waals surface area contributed by atoms with Crippen LogP contribution in [0.4, 0.5) is 0 Å². The van der Waals surface area contributed by atoms with Gasteiger partial charge in [-0.1, -0.05) is 50.1 Å². The highest BCUT2D eigenvalue weighted by Crippen LogP contribution is 2.10. The second-order valence-corrected chi connectivity index (χ2v) is 6.24. The average molecular weight is 329 g/mol. The van der Waals surface area contributed by atoms with Gasteiger partial charge in [-0.15, -0.1) is 0 Å². The van der Waals surface area contributed by atoms with E-state index in [-0.39, 0.29) is 17.7 Å². The Morgan fingerprint density at radius 3 is 2.62 bits per heavy atom. The van der Waals surface area contributed by atoms with E-state index in [0.29, 0.717) is 12.1 Å². The molecule has 130 valence electrons. The van der Waals surface area contributed by atoms with Crippen LogP contribution in [0.5, 0.6) is 0 Å². The van der Waals surface area contributed by atoms with Crippen molar-refractivity contribution in [3.8, 4) is 0 Å². The molecule has 0 fully saturated rings. The van der Waals surface area contributed by atoms with Crippen LogP contribution in [0.1, 0.15) is 37.0 Å². The van der Waals surface area contributed by atoms with Crippen molar-refractivity contribution in [1.82, 2.24) is 16.0 Å². The van der Waals surface area contributed by atoms with E-state index >= 15 is 0 Å². The van der Waals surface area contributed by atoms with Crippen molar-refractivity contribution in [3.05, 3.63) is 47.5 Å². The third kappa shape index (κ3) is 5.20. The number of rotatable bonds is 7. The summed E-state index contributed by atoms with van der Waals surface area (Å²) in [5.41, 5.74) is 1.80. The van der Waals surface area contributed by atoms with Crippen LogP contribution in [0.25, 0.3) is 0 Å². The fourth-order valence-electron chi connectivity index (χ4n) is 2.66. The maximum Gasteiger partial charge on any atom is 0.251 e. The van der Waals surface area contributed by atoms with Crippen molar-refractivity contribution in [2.24, 2.45) is 5.92 Å². The fourth-order valence-corrected chi connectivity index (χ4v) is 2.66. The van der Waals surface area contributed by atoms with E-state index in [1.54, 1.807) is 12.1 Å². The molecule has 2 amide bonds. The summed E-state index contributed by atoms with van der Waals surface area (Å²) >= 11 is 0. The van der Waals surface area contributed by atoms with Gasteiger partial charge in [0, 0.05) is 18.7 Å². The van der Waals surface area contributed by atoms with Gasteiger partial charge in [0.05, 0.1) is 0 Å². The lowest BCUT2D eigenvalue weighted by Crippen LogP contribution is -2.50. The molecule has 1 aromatic rings. The lowest BCUT2D eigenvalue weighted by molar-refractivity contribution is -0.123. The van der Waals surface area contributed by atoms with E-state index in [2.05, 4.69) is 22.0 Å². The summed E-state index contributed by atoms with van der Waals surface area (Å²) in [6.07, 6.45) is 3.88. The summed E-state index contributed by atoms with van der Waals surface area (Å²) in [4.78, 5) is 25.0. The van der Waals surface area contributed by atoms with Gasteiger partial charge in [0.25, 0.3) is 5.91 Å². The molecule has 0 saturated heterocycles. The number of carbonyl (C=O) groups is 2. The highest BCUT2D eigenvalue weighted by atomic mass is 16.2. The molecule has 0 bridgehead atoms. The molecule has 0 aliphatic carbocycles. The molecule has 1 aliphatic heterocycles. The summed E-state index contributed by atoms with van der Waals surface area (Å²) in [5, 5.41) is 9.11. The Hall–Kier alpha value is -2.14. The summed E-state index contributed by atoms with van der Waals surface area (Å²) in [6.45, 7) is 6.36. The number of hydrogen-bond acceptors (Lipinski definition) is 3. The van der Waals surface area contributed by atoms with Crippen LogP contribution < -0.4 is 16.0 Å². The van der Waals surface area contributed by atoms with Gasteiger partial charge in [-0.25, -0.2) is 0 Å². The maximum absolute atomic E-state index is 12.6. The highest BCUT2D eigenvalue weighted by molar-refractivity contribution is 5.97. The van der Waals surface area contributed by atoms with Gasteiger partial charge in [0.15, 0.2) is 0 Å². The molecule has 24 heavy (non-hydrogen) atoms. The van der Waals surface area contributed by atoms with Gasteiger partial charge in [-0.3, -0.25) is 9.59 Å². The molecule has 5 heteroatoms. The van der Waals surface area contributed by atoms with Gasteiger partial charge in [0.2, 0.25) is 5.91 Å². The minimum atomic E-state index is -0.523. The summed E-state index contributed by atoms with van der Waals surface area (Å²) < 4.78 is 0. The molecule has 2 rings (SSSR count). The SMILES string of the molecule is CCC(C)C(NC(=O)c1ccccc1)C(=O)NCC1=CCNCC1. The number of amides is 2. The van der Waals surface area contributed by atoms with Crippen LogP contribution in [-0.2, 0) is 4.79 Å². The predicted molar refractivity (Wildman–Crippen MR) is 95.7 cm³/mol. The zero-order valence-electron chi connectivity index (χ0n) is 14.5. The first-order chi connectivity index (χ1) is 11.6. The zero-order valence-corrected chi connectivity index (χ0v) is 14.5. The maximum atomic E-state index is 12.6.